The van der Waals surface area contributed by atoms with Gasteiger partial charge in [-0.2, -0.15) is 0 Å². The molecule has 1 aliphatic carbocycles. The molecule has 0 radical (unpaired) electrons. The highest BCUT2D eigenvalue weighted by atomic mass is 16.5. The first-order valence-corrected chi connectivity index (χ1v) is 4.63. The zero-order chi connectivity index (χ0) is 9.42. The molecule has 1 saturated carbocycles. The predicted octanol–water partition coefficient (Wildman–Crippen LogP) is 2.75. The van der Waals surface area contributed by atoms with E-state index in [0.29, 0.717) is 18.0 Å². The first-order chi connectivity index (χ1) is 6.18. The van der Waals surface area contributed by atoms with Gasteiger partial charge in [-0.25, -0.2) is 0 Å². The van der Waals surface area contributed by atoms with Gasteiger partial charge in [-0.1, -0.05) is 19.0 Å². The van der Waals surface area contributed by atoms with Gasteiger partial charge in [0.2, 0.25) is 0 Å². The van der Waals surface area contributed by atoms with Gasteiger partial charge in [0.05, 0.1) is 7.54 Å². The van der Waals surface area contributed by atoms with Crippen LogP contribution >= 0.6 is 0 Å². The molecule has 0 amide bonds. The number of hydrogen-bond donors (Lipinski definition) is 0. The van der Waals surface area contributed by atoms with Gasteiger partial charge in [-0.15, -0.1) is 0 Å². The summed E-state index contributed by atoms with van der Waals surface area (Å²) >= 11 is 0. The molecule has 2 heteroatoms. The summed E-state index contributed by atoms with van der Waals surface area (Å²) in [7, 11) is 0. The summed E-state index contributed by atoms with van der Waals surface area (Å²) in [5.41, 5.74) is 1.04. The average molecular weight is 166 g/mol. The highest BCUT2D eigenvalue weighted by Gasteiger charge is 2.29. The van der Waals surface area contributed by atoms with E-state index in [1.54, 1.807) is 0 Å². The number of hydrogen-bond acceptors (Lipinski definition) is 2. The van der Waals surface area contributed by atoms with Crippen LogP contribution in [0.3, 0.4) is 0 Å². The molecule has 1 aliphatic rings. The topological polar surface area (TPSA) is 26.0 Å². The van der Waals surface area contributed by atoms with Crippen molar-refractivity contribution in [1.82, 2.24) is 5.16 Å². The maximum Gasteiger partial charge on any atom is 0.142 e. The molecule has 1 aromatic heterocycles. The van der Waals surface area contributed by atoms with Crippen LogP contribution in [-0.2, 0) is 6.42 Å². The molecule has 0 spiro atoms. The van der Waals surface area contributed by atoms with E-state index >= 15 is 0 Å². The third-order valence-corrected chi connectivity index (χ3v) is 2.18. The molecule has 12 heavy (non-hydrogen) atoms. The second kappa shape index (κ2) is 2.92. The second-order valence-electron chi connectivity index (χ2n) is 4.01. The fourth-order valence-electron chi connectivity index (χ4n) is 1.46. The van der Waals surface area contributed by atoms with Gasteiger partial charge in [0.15, 0.2) is 0 Å². The Kier molecular flexibility index (Phi) is 1.63. The molecule has 0 saturated heterocycles. The summed E-state index contributed by atoms with van der Waals surface area (Å²) in [6.45, 7) is 4.31. The minimum atomic E-state index is 0.343. The zero-order valence-corrected chi connectivity index (χ0v) is 7.63. The lowest BCUT2D eigenvalue weighted by Gasteiger charge is -2.02. The fraction of sp³-hybridized carbons (Fsp3) is 0.700. The van der Waals surface area contributed by atoms with Gasteiger partial charge in [-0.05, 0) is 25.2 Å². The molecule has 0 aliphatic heterocycles. The molecule has 0 unspecified atom stereocenters. The number of aromatic nitrogens is 1. The van der Waals surface area contributed by atoms with E-state index in [9.17, 15) is 0 Å². The number of nitrogens with zero attached hydrogens (tertiary/aromatic N) is 1. The van der Waals surface area contributed by atoms with Crippen molar-refractivity contribution in [3.63, 3.8) is 0 Å². The van der Waals surface area contributed by atoms with E-state index in [1.807, 2.05) is 0 Å². The molecule has 0 bridgehead atoms. The molecule has 2 nitrogen and oxygen atoms in total. The Labute approximate surface area is 74.4 Å². The molecule has 0 atom stereocenters. The van der Waals surface area contributed by atoms with Crippen molar-refractivity contribution in [3.8, 4) is 0 Å². The standard InChI is InChI=1S/C10H15NO/c1-7(2)5-9-6-11-12-10(9)8-3-4-8/h6-8H,3-5H2,1-2H3/i6D. The first kappa shape index (κ1) is 6.70. The van der Waals surface area contributed by atoms with Crippen molar-refractivity contribution in [2.75, 3.05) is 0 Å². The van der Waals surface area contributed by atoms with Crippen LogP contribution in [0.15, 0.2) is 10.7 Å². The van der Waals surface area contributed by atoms with Crippen molar-refractivity contribution in [2.45, 2.75) is 39.0 Å². The molecule has 0 N–H and O–H groups in total. The van der Waals surface area contributed by atoms with Crippen LogP contribution in [0.4, 0.5) is 0 Å². The third-order valence-electron chi connectivity index (χ3n) is 2.18. The van der Waals surface area contributed by atoms with E-state index in [-0.39, 0.29) is 0 Å². The summed E-state index contributed by atoms with van der Waals surface area (Å²) in [4.78, 5) is 0. The smallest absolute Gasteiger partial charge is 0.142 e. The Morgan fingerprint density at radius 1 is 1.75 bits per heavy atom. The van der Waals surface area contributed by atoms with Crippen molar-refractivity contribution in [3.05, 3.63) is 17.5 Å². The molecule has 1 heterocycles. The quantitative estimate of drug-likeness (QED) is 0.690. The van der Waals surface area contributed by atoms with Crippen LogP contribution in [0, 0.1) is 5.92 Å². The predicted molar refractivity (Wildman–Crippen MR) is 47.0 cm³/mol. The van der Waals surface area contributed by atoms with Gasteiger partial charge >= 0.3 is 0 Å². The average Bonchev–Trinajstić information content (AvgIpc) is 2.81. The largest absolute Gasteiger partial charge is 0.361 e. The third kappa shape index (κ3) is 1.52. The molecule has 2 rings (SSSR count). The lowest BCUT2D eigenvalue weighted by molar-refractivity contribution is 0.382. The maximum atomic E-state index is 7.60. The highest BCUT2D eigenvalue weighted by molar-refractivity contribution is 5.21. The van der Waals surface area contributed by atoms with E-state index in [4.69, 9.17) is 5.89 Å². The van der Waals surface area contributed by atoms with E-state index < -0.39 is 0 Å². The summed E-state index contributed by atoms with van der Waals surface area (Å²) in [5.74, 6) is 2.13. The molecular formula is C10H15NO. The van der Waals surface area contributed by atoms with Crippen molar-refractivity contribution >= 4 is 0 Å². The van der Waals surface area contributed by atoms with Gasteiger partial charge in [0.1, 0.15) is 5.76 Å². The summed E-state index contributed by atoms with van der Waals surface area (Å²) in [6, 6.07) is 0. The Hall–Kier alpha value is -0.790. The normalized spacial score (nSPS) is 18.4. The lowest BCUT2D eigenvalue weighted by atomic mass is 10.0. The molecule has 1 fully saturated rings. The van der Waals surface area contributed by atoms with Gasteiger partial charge in [-0.3, -0.25) is 0 Å². The zero-order valence-electron chi connectivity index (χ0n) is 8.63. The second-order valence-corrected chi connectivity index (χ2v) is 4.01. The van der Waals surface area contributed by atoms with E-state index in [1.165, 1.54) is 12.8 Å². The SMILES string of the molecule is [2H]c1noc(C2CC2)c1CC(C)C. The Balaban J connectivity index is 2.23. The van der Waals surface area contributed by atoms with Crippen LogP contribution in [0.5, 0.6) is 0 Å². The molecule has 0 aromatic carbocycles. The molecule has 1 aromatic rings. The van der Waals surface area contributed by atoms with Gasteiger partial charge < -0.3 is 4.52 Å². The van der Waals surface area contributed by atoms with Crippen LogP contribution in [0.25, 0.3) is 0 Å². The Bertz CT molecular complexity index is 302. The monoisotopic (exact) mass is 166 g/mol. The van der Waals surface area contributed by atoms with Crippen molar-refractivity contribution in [2.24, 2.45) is 5.92 Å². The number of rotatable bonds is 3. The Morgan fingerprint density at radius 3 is 3.08 bits per heavy atom. The van der Waals surface area contributed by atoms with Crippen LogP contribution in [0.2, 0.25) is 0 Å². The summed E-state index contributed by atoms with van der Waals surface area (Å²) in [5, 5.41) is 3.72. The van der Waals surface area contributed by atoms with E-state index in [2.05, 4.69) is 19.0 Å². The van der Waals surface area contributed by atoms with Crippen LogP contribution < -0.4 is 0 Å². The summed E-state index contributed by atoms with van der Waals surface area (Å²) in [6.07, 6.45) is 3.68. The van der Waals surface area contributed by atoms with Crippen LogP contribution in [-0.4, -0.2) is 5.16 Å². The summed E-state index contributed by atoms with van der Waals surface area (Å²) < 4.78 is 12.8. The molecule has 66 valence electrons. The highest BCUT2D eigenvalue weighted by Crippen LogP contribution is 2.41. The van der Waals surface area contributed by atoms with Crippen molar-refractivity contribution in [1.29, 1.82) is 0 Å². The van der Waals surface area contributed by atoms with Gasteiger partial charge in [0, 0.05) is 11.5 Å². The van der Waals surface area contributed by atoms with Crippen LogP contribution in [0.1, 0.15) is 45.3 Å². The fourth-order valence-corrected chi connectivity index (χ4v) is 1.46. The maximum absolute atomic E-state index is 7.60. The minimum Gasteiger partial charge on any atom is -0.361 e. The van der Waals surface area contributed by atoms with E-state index in [0.717, 1.165) is 17.7 Å². The van der Waals surface area contributed by atoms with Crippen molar-refractivity contribution < 1.29 is 5.89 Å². The lowest BCUT2D eigenvalue weighted by Crippen LogP contribution is -1.95. The Morgan fingerprint density at radius 2 is 2.50 bits per heavy atom. The first-order valence-electron chi connectivity index (χ1n) is 5.13. The molecular weight excluding hydrogens is 150 g/mol. The minimum absolute atomic E-state index is 0.343. The van der Waals surface area contributed by atoms with Gasteiger partial charge in [0.25, 0.3) is 0 Å².